The first-order valence-corrected chi connectivity index (χ1v) is 7.16. The molecule has 3 rings (SSSR count). The second-order valence-electron chi connectivity index (χ2n) is 4.83. The Labute approximate surface area is 138 Å². The molecule has 0 spiro atoms. The van der Waals surface area contributed by atoms with E-state index >= 15 is 0 Å². The van der Waals surface area contributed by atoms with Crippen LogP contribution in [0.1, 0.15) is 5.82 Å². The number of hydrogen-bond donors (Lipinski definition) is 2. The van der Waals surface area contributed by atoms with E-state index < -0.39 is 0 Å². The van der Waals surface area contributed by atoms with Crippen molar-refractivity contribution in [1.82, 2.24) is 20.6 Å². The van der Waals surface area contributed by atoms with Crippen molar-refractivity contribution in [3.8, 4) is 22.9 Å². The first kappa shape index (κ1) is 15.2. The second kappa shape index (κ2) is 7.07. The molecule has 0 atom stereocenters. The van der Waals surface area contributed by atoms with Gasteiger partial charge in [-0.3, -0.25) is 0 Å². The van der Waals surface area contributed by atoms with Gasteiger partial charge in [0.05, 0.1) is 12.8 Å². The van der Waals surface area contributed by atoms with E-state index in [1.165, 1.54) is 6.20 Å². The molecule has 7 heteroatoms. The summed E-state index contributed by atoms with van der Waals surface area (Å²) < 4.78 is 5.37. The maximum atomic E-state index is 9.22. The van der Waals surface area contributed by atoms with Crippen molar-refractivity contribution in [2.75, 3.05) is 12.4 Å². The van der Waals surface area contributed by atoms with Crippen molar-refractivity contribution in [2.24, 2.45) is 0 Å². The topological polar surface area (TPSA) is 99.5 Å². The normalized spacial score (nSPS) is 10.9. The highest BCUT2D eigenvalue weighted by Gasteiger charge is 2.08. The molecule has 2 aromatic carbocycles. The first-order chi connectivity index (χ1) is 11.8. The van der Waals surface area contributed by atoms with Gasteiger partial charge in [0, 0.05) is 6.20 Å². The average Bonchev–Trinajstić information content (AvgIpc) is 3.17. The lowest BCUT2D eigenvalue weighted by Gasteiger charge is -2.11. The summed E-state index contributed by atoms with van der Waals surface area (Å²) in [6.45, 7) is 0. The number of ether oxygens (including phenoxy) is 1. The van der Waals surface area contributed by atoms with Gasteiger partial charge in [0.1, 0.15) is 17.4 Å². The van der Waals surface area contributed by atoms with Gasteiger partial charge in [0.2, 0.25) is 5.82 Å². The number of hydrogen-bond acceptors (Lipinski definition) is 6. The molecule has 0 aliphatic carbocycles. The van der Waals surface area contributed by atoms with E-state index in [2.05, 4.69) is 25.9 Å². The molecule has 24 heavy (non-hydrogen) atoms. The maximum Gasteiger partial charge on any atom is 0.216 e. The third kappa shape index (κ3) is 3.23. The fraction of sp³-hybridized carbons (Fsp3) is 0.0588. The fourth-order valence-electron chi connectivity index (χ4n) is 2.20. The minimum absolute atomic E-state index is 0.225. The van der Waals surface area contributed by atoms with Crippen molar-refractivity contribution in [3.05, 3.63) is 60.6 Å². The number of aromatic amines is 1. The van der Waals surface area contributed by atoms with Gasteiger partial charge < -0.3 is 10.1 Å². The molecule has 2 N–H and O–H groups in total. The van der Waals surface area contributed by atoms with Crippen molar-refractivity contribution in [2.45, 2.75) is 0 Å². The Morgan fingerprint density at radius 1 is 1.21 bits per heavy atom. The van der Waals surface area contributed by atoms with Crippen LogP contribution in [0.4, 0.5) is 5.69 Å². The summed E-state index contributed by atoms with van der Waals surface area (Å²) in [6.07, 6.45) is 1.53. The average molecular weight is 318 g/mol. The molecular formula is C17H14N6O. The highest BCUT2D eigenvalue weighted by atomic mass is 16.5. The number of nitrogens with one attached hydrogen (secondary N) is 2. The summed E-state index contributed by atoms with van der Waals surface area (Å²) in [5.41, 5.74) is 3.11. The number of nitriles is 1. The molecule has 1 heterocycles. The van der Waals surface area contributed by atoms with E-state index in [9.17, 15) is 5.26 Å². The second-order valence-corrected chi connectivity index (χ2v) is 4.83. The van der Waals surface area contributed by atoms with Crippen LogP contribution in [0, 0.1) is 11.3 Å². The standard InChI is InChI=1S/C17H14N6O/c1-24-16-8-7-13(12-5-3-2-4-6-12)9-15(16)19-11-14(10-18)17-20-22-23-21-17/h2-9,11,19H,1H3,(H,20,21,22,23). The van der Waals surface area contributed by atoms with Crippen LogP contribution in [0.15, 0.2) is 54.7 Å². The van der Waals surface area contributed by atoms with Crippen LogP contribution in [0.2, 0.25) is 0 Å². The summed E-state index contributed by atoms with van der Waals surface area (Å²) in [6, 6.07) is 17.8. The largest absolute Gasteiger partial charge is 0.495 e. The summed E-state index contributed by atoms with van der Waals surface area (Å²) in [5, 5.41) is 25.7. The SMILES string of the molecule is COc1ccc(-c2ccccc2)cc1NC=C(C#N)c1nn[nH]n1. The van der Waals surface area contributed by atoms with Gasteiger partial charge in [-0.15, -0.1) is 10.2 Å². The molecule has 0 aliphatic rings. The number of allylic oxidation sites excluding steroid dienone is 1. The Hall–Kier alpha value is -3.66. The smallest absolute Gasteiger partial charge is 0.216 e. The van der Waals surface area contributed by atoms with Crippen LogP contribution in [-0.4, -0.2) is 27.7 Å². The molecule has 0 radical (unpaired) electrons. The quantitative estimate of drug-likeness (QED) is 0.702. The lowest BCUT2D eigenvalue weighted by molar-refractivity contribution is 0.417. The van der Waals surface area contributed by atoms with E-state index in [-0.39, 0.29) is 11.4 Å². The van der Waals surface area contributed by atoms with Crippen molar-refractivity contribution in [1.29, 1.82) is 5.26 Å². The molecule has 0 saturated carbocycles. The number of H-pyrrole nitrogens is 1. The van der Waals surface area contributed by atoms with Crippen LogP contribution < -0.4 is 10.1 Å². The summed E-state index contributed by atoms with van der Waals surface area (Å²) in [7, 11) is 1.59. The van der Waals surface area contributed by atoms with Crippen LogP contribution in [0.5, 0.6) is 5.75 Å². The van der Waals surface area contributed by atoms with Gasteiger partial charge in [-0.1, -0.05) is 36.4 Å². The predicted molar refractivity (Wildman–Crippen MR) is 89.8 cm³/mol. The van der Waals surface area contributed by atoms with Gasteiger partial charge >= 0.3 is 0 Å². The van der Waals surface area contributed by atoms with Crippen LogP contribution >= 0.6 is 0 Å². The van der Waals surface area contributed by atoms with Gasteiger partial charge in [-0.05, 0) is 28.5 Å². The number of nitrogens with zero attached hydrogens (tertiary/aromatic N) is 4. The lowest BCUT2D eigenvalue weighted by atomic mass is 10.0. The van der Waals surface area contributed by atoms with E-state index in [0.717, 1.165) is 16.8 Å². The molecule has 0 fully saturated rings. The monoisotopic (exact) mass is 318 g/mol. The van der Waals surface area contributed by atoms with Gasteiger partial charge in [-0.25, -0.2) is 0 Å². The molecule has 0 saturated heterocycles. The zero-order valence-corrected chi connectivity index (χ0v) is 12.9. The molecule has 3 aromatic rings. The molecular weight excluding hydrogens is 304 g/mol. The van der Waals surface area contributed by atoms with Crippen LogP contribution in [0.3, 0.4) is 0 Å². The zero-order chi connectivity index (χ0) is 16.8. The lowest BCUT2D eigenvalue weighted by Crippen LogP contribution is -1.96. The van der Waals surface area contributed by atoms with Gasteiger partial charge in [0.15, 0.2) is 0 Å². The molecule has 0 aliphatic heterocycles. The minimum atomic E-state index is 0.225. The van der Waals surface area contributed by atoms with Crippen molar-refractivity contribution in [3.63, 3.8) is 0 Å². The highest BCUT2D eigenvalue weighted by Crippen LogP contribution is 2.30. The fourth-order valence-corrected chi connectivity index (χ4v) is 2.20. The Morgan fingerprint density at radius 2 is 2.04 bits per heavy atom. The van der Waals surface area contributed by atoms with Crippen LogP contribution in [0.25, 0.3) is 16.7 Å². The number of methoxy groups -OCH3 is 1. The molecule has 0 amide bonds. The van der Waals surface area contributed by atoms with Crippen molar-refractivity contribution >= 4 is 11.3 Å². The number of aromatic nitrogens is 4. The first-order valence-electron chi connectivity index (χ1n) is 7.16. The number of benzene rings is 2. The Kier molecular flexibility index (Phi) is 4.49. The molecule has 0 bridgehead atoms. The van der Waals surface area contributed by atoms with Crippen LogP contribution in [-0.2, 0) is 0 Å². The molecule has 118 valence electrons. The number of anilines is 1. The third-order valence-electron chi connectivity index (χ3n) is 3.39. The van der Waals surface area contributed by atoms with E-state index in [4.69, 9.17) is 4.74 Å². The molecule has 1 aromatic heterocycles. The Morgan fingerprint density at radius 3 is 2.71 bits per heavy atom. The summed E-state index contributed by atoms with van der Waals surface area (Å²) in [4.78, 5) is 0. The van der Waals surface area contributed by atoms with E-state index in [0.29, 0.717) is 5.75 Å². The molecule has 7 nitrogen and oxygen atoms in total. The van der Waals surface area contributed by atoms with Crippen molar-refractivity contribution < 1.29 is 4.74 Å². The van der Waals surface area contributed by atoms with E-state index in [1.807, 2.05) is 54.6 Å². The number of rotatable bonds is 5. The van der Waals surface area contributed by atoms with Gasteiger partial charge in [0.25, 0.3) is 0 Å². The highest BCUT2D eigenvalue weighted by molar-refractivity contribution is 5.77. The van der Waals surface area contributed by atoms with Gasteiger partial charge in [-0.2, -0.15) is 10.5 Å². The summed E-state index contributed by atoms with van der Waals surface area (Å²) in [5.74, 6) is 0.888. The third-order valence-corrected chi connectivity index (χ3v) is 3.39. The predicted octanol–water partition coefficient (Wildman–Crippen LogP) is 2.85. The number of tetrazole rings is 1. The zero-order valence-electron chi connectivity index (χ0n) is 12.9. The molecule has 0 unspecified atom stereocenters. The van der Waals surface area contributed by atoms with E-state index in [1.54, 1.807) is 7.11 Å². The summed E-state index contributed by atoms with van der Waals surface area (Å²) >= 11 is 0. The Balaban J connectivity index is 1.93. The maximum absolute atomic E-state index is 9.22. The minimum Gasteiger partial charge on any atom is -0.495 e. The Bertz CT molecular complexity index is 881.